The molecule has 0 unspecified atom stereocenters. The Balaban J connectivity index is 2.29. The number of aryl methyl sites for hydroxylation is 1. The third-order valence-electron chi connectivity index (χ3n) is 3.23. The highest BCUT2D eigenvalue weighted by Gasteiger charge is 2.26. The molecule has 0 bridgehead atoms. The number of fused-ring (bicyclic) bond motifs is 1. The highest BCUT2D eigenvalue weighted by molar-refractivity contribution is 7.22. The lowest BCUT2D eigenvalue weighted by Gasteiger charge is -2.33. The van der Waals surface area contributed by atoms with Crippen molar-refractivity contribution in [2.45, 2.75) is 40.2 Å². The van der Waals surface area contributed by atoms with Crippen LogP contribution in [0.4, 0.5) is 9.93 Å². The molecule has 0 saturated heterocycles. The number of benzene rings is 1. The van der Waals surface area contributed by atoms with Gasteiger partial charge in [-0.3, -0.25) is 0 Å². The zero-order valence-electron chi connectivity index (χ0n) is 13.1. The standard InChI is InChI=1S/C15H21N3O2S/c1-6-18(15(3,4)5)14(19)20-10-7-9(2)12-11(8-10)21-13(16)17-12/h7-8H,6H2,1-5H3,(H2,16,17). The molecule has 2 rings (SSSR count). The predicted molar refractivity (Wildman–Crippen MR) is 86.9 cm³/mol. The van der Waals surface area contributed by atoms with Crippen LogP contribution in [0.15, 0.2) is 12.1 Å². The minimum Gasteiger partial charge on any atom is -0.410 e. The third kappa shape index (κ3) is 3.26. The predicted octanol–water partition coefficient (Wildman–Crippen LogP) is 3.81. The van der Waals surface area contributed by atoms with E-state index in [1.165, 1.54) is 11.3 Å². The van der Waals surface area contributed by atoms with Crippen molar-refractivity contribution in [1.29, 1.82) is 0 Å². The number of carbonyl (C=O) groups is 1. The van der Waals surface area contributed by atoms with E-state index in [9.17, 15) is 4.79 Å². The van der Waals surface area contributed by atoms with Crippen molar-refractivity contribution >= 4 is 32.8 Å². The van der Waals surface area contributed by atoms with Gasteiger partial charge in [0.05, 0.1) is 10.2 Å². The molecule has 114 valence electrons. The van der Waals surface area contributed by atoms with Gasteiger partial charge in [0, 0.05) is 18.2 Å². The fourth-order valence-corrected chi connectivity index (χ4v) is 3.11. The summed E-state index contributed by atoms with van der Waals surface area (Å²) < 4.78 is 6.44. The van der Waals surface area contributed by atoms with E-state index in [1.807, 2.05) is 46.8 Å². The van der Waals surface area contributed by atoms with E-state index in [-0.39, 0.29) is 11.6 Å². The monoisotopic (exact) mass is 307 g/mol. The number of hydrogen-bond acceptors (Lipinski definition) is 5. The molecule has 2 N–H and O–H groups in total. The molecule has 0 radical (unpaired) electrons. The SMILES string of the molecule is CCN(C(=O)Oc1cc(C)c2nc(N)sc2c1)C(C)(C)C. The van der Waals surface area contributed by atoms with E-state index in [0.717, 1.165) is 15.8 Å². The number of amides is 1. The summed E-state index contributed by atoms with van der Waals surface area (Å²) in [6.45, 7) is 10.4. The Morgan fingerprint density at radius 2 is 2.10 bits per heavy atom. The number of nitrogens with zero attached hydrogens (tertiary/aromatic N) is 2. The van der Waals surface area contributed by atoms with Crippen LogP contribution in [0.5, 0.6) is 5.75 Å². The molecule has 0 aliphatic heterocycles. The zero-order valence-corrected chi connectivity index (χ0v) is 13.9. The molecule has 1 amide bonds. The second kappa shape index (κ2) is 5.52. The van der Waals surface area contributed by atoms with Crippen molar-refractivity contribution in [1.82, 2.24) is 9.88 Å². The number of ether oxygens (including phenoxy) is 1. The molecule has 0 aliphatic carbocycles. The van der Waals surface area contributed by atoms with Gasteiger partial charge in [0.15, 0.2) is 5.13 Å². The largest absolute Gasteiger partial charge is 0.415 e. The summed E-state index contributed by atoms with van der Waals surface area (Å²) in [7, 11) is 0. The first-order valence-electron chi connectivity index (χ1n) is 6.88. The van der Waals surface area contributed by atoms with Gasteiger partial charge in [-0.05, 0) is 46.2 Å². The minimum atomic E-state index is -0.346. The van der Waals surface area contributed by atoms with Gasteiger partial charge < -0.3 is 15.4 Å². The van der Waals surface area contributed by atoms with Gasteiger partial charge in [0.2, 0.25) is 0 Å². The Morgan fingerprint density at radius 3 is 2.67 bits per heavy atom. The van der Waals surface area contributed by atoms with Crippen LogP contribution < -0.4 is 10.5 Å². The highest BCUT2D eigenvalue weighted by Crippen LogP contribution is 2.31. The first-order valence-corrected chi connectivity index (χ1v) is 7.70. The second-order valence-electron chi connectivity index (χ2n) is 5.92. The van der Waals surface area contributed by atoms with Crippen LogP contribution in [0.2, 0.25) is 0 Å². The maximum Gasteiger partial charge on any atom is 0.415 e. The summed E-state index contributed by atoms with van der Waals surface area (Å²) in [6.07, 6.45) is -0.346. The maximum absolute atomic E-state index is 12.3. The minimum absolute atomic E-state index is 0.278. The van der Waals surface area contributed by atoms with E-state index < -0.39 is 0 Å². The topological polar surface area (TPSA) is 68.5 Å². The van der Waals surface area contributed by atoms with Crippen molar-refractivity contribution in [2.24, 2.45) is 0 Å². The Morgan fingerprint density at radius 1 is 1.43 bits per heavy atom. The van der Waals surface area contributed by atoms with Gasteiger partial charge in [-0.15, -0.1) is 0 Å². The molecule has 21 heavy (non-hydrogen) atoms. The van der Waals surface area contributed by atoms with Crippen molar-refractivity contribution in [3.63, 3.8) is 0 Å². The van der Waals surface area contributed by atoms with E-state index in [1.54, 1.807) is 4.90 Å². The molecule has 1 aromatic carbocycles. The van der Waals surface area contributed by atoms with Crippen LogP contribution >= 0.6 is 11.3 Å². The van der Waals surface area contributed by atoms with Crippen molar-refractivity contribution in [3.05, 3.63) is 17.7 Å². The van der Waals surface area contributed by atoms with Gasteiger partial charge in [-0.2, -0.15) is 0 Å². The molecule has 0 aliphatic rings. The van der Waals surface area contributed by atoms with Crippen LogP contribution in [-0.2, 0) is 0 Å². The molecule has 5 nitrogen and oxygen atoms in total. The van der Waals surface area contributed by atoms with Crippen LogP contribution in [0.1, 0.15) is 33.3 Å². The molecule has 0 atom stereocenters. The van der Waals surface area contributed by atoms with Crippen LogP contribution in [0.25, 0.3) is 10.2 Å². The Hall–Kier alpha value is -1.82. The molecule has 1 heterocycles. The van der Waals surface area contributed by atoms with Gasteiger partial charge in [-0.25, -0.2) is 9.78 Å². The molecule has 2 aromatic rings. The number of nitrogen functional groups attached to an aromatic ring is 1. The molecule has 6 heteroatoms. The second-order valence-corrected chi connectivity index (χ2v) is 6.98. The fraction of sp³-hybridized carbons (Fsp3) is 0.467. The lowest BCUT2D eigenvalue weighted by Crippen LogP contribution is -2.46. The molecule has 0 saturated carbocycles. The van der Waals surface area contributed by atoms with E-state index in [4.69, 9.17) is 10.5 Å². The number of nitrogens with two attached hydrogens (primary N) is 1. The molecular weight excluding hydrogens is 286 g/mol. The summed E-state index contributed by atoms with van der Waals surface area (Å²) in [4.78, 5) is 18.3. The number of aromatic nitrogens is 1. The molecular formula is C15H21N3O2S. The number of carbonyl (C=O) groups excluding carboxylic acids is 1. The first kappa shape index (κ1) is 15.6. The van der Waals surface area contributed by atoms with Crippen molar-refractivity contribution < 1.29 is 9.53 Å². The van der Waals surface area contributed by atoms with Gasteiger partial charge in [0.25, 0.3) is 0 Å². The van der Waals surface area contributed by atoms with Crippen molar-refractivity contribution in [3.8, 4) is 5.75 Å². The van der Waals surface area contributed by atoms with Gasteiger partial charge >= 0.3 is 6.09 Å². The maximum atomic E-state index is 12.3. The molecule has 0 spiro atoms. The lowest BCUT2D eigenvalue weighted by atomic mass is 10.1. The quantitative estimate of drug-likeness (QED) is 0.916. The average molecular weight is 307 g/mol. The number of rotatable bonds is 2. The first-order chi connectivity index (χ1) is 9.72. The van der Waals surface area contributed by atoms with E-state index in [0.29, 0.717) is 17.4 Å². The number of hydrogen-bond donors (Lipinski definition) is 1. The fourth-order valence-electron chi connectivity index (χ4n) is 2.27. The Labute approximate surface area is 128 Å². The van der Waals surface area contributed by atoms with Crippen molar-refractivity contribution in [2.75, 3.05) is 12.3 Å². The van der Waals surface area contributed by atoms with E-state index in [2.05, 4.69) is 4.98 Å². The smallest absolute Gasteiger partial charge is 0.410 e. The summed E-state index contributed by atoms with van der Waals surface area (Å²) in [5.41, 5.74) is 7.26. The highest BCUT2D eigenvalue weighted by atomic mass is 32.1. The third-order valence-corrected chi connectivity index (χ3v) is 4.06. The summed E-state index contributed by atoms with van der Waals surface area (Å²) in [5.74, 6) is 0.524. The summed E-state index contributed by atoms with van der Waals surface area (Å²) in [6, 6.07) is 3.63. The lowest BCUT2D eigenvalue weighted by molar-refractivity contribution is 0.111. The normalized spacial score (nSPS) is 11.7. The number of anilines is 1. The summed E-state index contributed by atoms with van der Waals surface area (Å²) in [5, 5.41) is 0.515. The van der Waals surface area contributed by atoms with Crippen LogP contribution in [-0.4, -0.2) is 28.1 Å². The summed E-state index contributed by atoms with van der Waals surface area (Å²) >= 11 is 1.39. The molecule has 1 aromatic heterocycles. The average Bonchev–Trinajstić information content (AvgIpc) is 2.69. The Bertz CT molecular complexity index is 673. The zero-order chi connectivity index (χ0) is 15.8. The molecule has 0 fully saturated rings. The van der Waals surface area contributed by atoms with Gasteiger partial charge in [0.1, 0.15) is 5.75 Å². The number of thiazole rings is 1. The van der Waals surface area contributed by atoms with Crippen LogP contribution in [0.3, 0.4) is 0 Å². The van der Waals surface area contributed by atoms with Crippen LogP contribution in [0, 0.1) is 6.92 Å². The van der Waals surface area contributed by atoms with Gasteiger partial charge in [-0.1, -0.05) is 11.3 Å². The van der Waals surface area contributed by atoms with E-state index >= 15 is 0 Å². The Kier molecular flexibility index (Phi) is 4.09.